The van der Waals surface area contributed by atoms with Crippen molar-refractivity contribution < 1.29 is 0 Å². The number of nitrogens with two attached hydrogens (primary N) is 2. The molecule has 236 valence electrons. The van der Waals surface area contributed by atoms with E-state index in [9.17, 15) is 5.26 Å². The third kappa shape index (κ3) is 8.44. The number of benzene rings is 2. The van der Waals surface area contributed by atoms with Crippen LogP contribution in [0.2, 0.25) is 0 Å². The number of hydrogen-bond acceptors (Lipinski definition) is 8. The maximum atomic E-state index is 9.27. The Labute approximate surface area is 268 Å². The molecule has 0 saturated carbocycles. The van der Waals surface area contributed by atoms with Crippen LogP contribution in [0, 0.1) is 11.5 Å². The number of pyridine rings is 2. The summed E-state index contributed by atoms with van der Waals surface area (Å²) in [7, 11) is 1.50. The lowest BCUT2D eigenvalue weighted by atomic mass is 10.1. The van der Waals surface area contributed by atoms with Crippen LogP contribution in [0.15, 0.2) is 85.1 Å². The number of nitrogen functional groups attached to an aromatic ring is 1. The van der Waals surface area contributed by atoms with Crippen LogP contribution in [0.5, 0.6) is 0 Å². The fourth-order valence-electron chi connectivity index (χ4n) is 5.09. The van der Waals surface area contributed by atoms with Crippen LogP contribution in [0.3, 0.4) is 0 Å². The van der Waals surface area contributed by atoms with Crippen molar-refractivity contribution in [1.29, 1.82) is 5.26 Å². The van der Waals surface area contributed by atoms with Crippen molar-refractivity contribution in [3.63, 3.8) is 0 Å². The maximum absolute atomic E-state index is 9.27. The van der Waals surface area contributed by atoms with E-state index in [2.05, 4.69) is 83.5 Å². The molecular weight excluding hydrogens is 558 g/mol. The molecule has 1 atom stereocenters. The Morgan fingerprint density at radius 1 is 0.889 bits per heavy atom. The SMILES string of the molecule is CC.CCC.CN.C[C@H]1CN(Cc2ccc(-n3c(-c4cccnc4N)nc4ccc(-c5ccccc5)nc43)cc2)CCN1C#N. The Hall–Kier alpha value is -4.78. The smallest absolute Gasteiger partial charge is 0.179 e. The molecule has 3 aromatic heterocycles. The van der Waals surface area contributed by atoms with Gasteiger partial charge in [-0.25, -0.2) is 15.0 Å². The van der Waals surface area contributed by atoms with Crippen LogP contribution < -0.4 is 11.5 Å². The first-order valence-corrected chi connectivity index (χ1v) is 15.7. The van der Waals surface area contributed by atoms with E-state index in [0.29, 0.717) is 11.6 Å². The number of aromatic nitrogens is 4. The van der Waals surface area contributed by atoms with Crippen molar-refractivity contribution in [2.24, 2.45) is 5.73 Å². The zero-order valence-electron chi connectivity index (χ0n) is 27.5. The highest BCUT2D eigenvalue weighted by molar-refractivity contribution is 5.84. The second-order valence-corrected chi connectivity index (χ2v) is 10.4. The van der Waals surface area contributed by atoms with Crippen molar-refractivity contribution in [3.8, 4) is 34.5 Å². The lowest BCUT2D eigenvalue weighted by molar-refractivity contribution is 0.121. The summed E-state index contributed by atoms with van der Waals surface area (Å²) in [6.45, 7) is 13.7. The zero-order valence-corrected chi connectivity index (χ0v) is 27.5. The molecule has 1 saturated heterocycles. The molecule has 0 unspecified atom stereocenters. The molecule has 1 fully saturated rings. The standard InChI is InChI=1S/C30H28N8.C3H8.C2H6.CH5N/c1-21-18-36(16-17-37(21)20-31)19-22-9-11-24(12-10-22)38-29(25-8-5-15-33-28(25)32)35-27-14-13-26(34-30(27)38)23-6-3-2-4-7-23;1-3-2;2*1-2/h2-15,21H,16-19H2,1H3,(H2,32,33);3H2,1-2H3;1-2H3;2H2,1H3/t21-;;;/m0.../s1. The third-order valence-electron chi connectivity index (χ3n) is 7.09. The van der Waals surface area contributed by atoms with Crippen LogP contribution in [-0.2, 0) is 6.54 Å². The zero-order chi connectivity index (χ0) is 32.8. The Morgan fingerprint density at radius 3 is 2.20 bits per heavy atom. The lowest BCUT2D eigenvalue weighted by Crippen LogP contribution is -2.49. The van der Waals surface area contributed by atoms with Crippen molar-refractivity contribution in [1.82, 2.24) is 29.3 Å². The van der Waals surface area contributed by atoms with Gasteiger partial charge in [0.15, 0.2) is 17.7 Å². The fourth-order valence-corrected chi connectivity index (χ4v) is 5.09. The summed E-state index contributed by atoms with van der Waals surface area (Å²) in [6, 6.07) is 26.7. The van der Waals surface area contributed by atoms with Gasteiger partial charge in [-0.15, -0.1) is 0 Å². The van der Waals surface area contributed by atoms with Gasteiger partial charge >= 0.3 is 0 Å². The van der Waals surface area contributed by atoms with Crippen molar-refractivity contribution in [3.05, 3.63) is 90.6 Å². The average Bonchev–Trinajstić information content (AvgIpc) is 3.46. The second kappa shape index (κ2) is 17.5. The van der Waals surface area contributed by atoms with Crippen LogP contribution in [0.25, 0.3) is 39.5 Å². The molecule has 5 aromatic rings. The fraction of sp³-hybridized carbons (Fsp3) is 0.333. The minimum atomic E-state index is 0.225. The molecule has 4 N–H and O–H groups in total. The van der Waals surface area contributed by atoms with E-state index in [1.165, 1.54) is 19.0 Å². The Morgan fingerprint density at radius 2 is 1.58 bits per heavy atom. The highest BCUT2D eigenvalue weighted by atomic mass is 15.3. The number of anilines is 1. The van der Waals surface area contributed by atoms with Gasteiger partial charge in [0.25, 0.3) is 0 Å². The van der Waals surface area contributed by atoms with Crippen LogP contribution in [0.1, 0.15) is 46.6 Å². The first kappa shape index (κ1) is 34.7. The van der Waals surface area contributed by atoms with E-state index < -0.39 is 0 Å². The number of fused-ring (bicyclic) bond motifs is 1. The summed E-state index contributed by atoms with van der Waals surface area (Å²) >= 11 is 0. The number of piperazine rings is 1. The number of hydrogen-bond donors (Lipinski definition) is 2. The first-order chi connectivity index (χ1) is 22.0. The Bertz CT molecular complexity index is 1640. The average molecular weight is 606 g/mol. The summed E-state index contributed by atoms with van der Waals surface area (Å²) in [5.41, 5.74) is 17.2. The largest absolute Gasteiger partial charge is 0.383 e. The van der Waals surface area contributed by atoms with Gasteiger partial charge in [-0.1, -0.05) is 76.6 Å². The van der Waals surface area contributed by atoms with Crippen LogP contribution in [-0.4, -0.2) is 62.0 Å². The van der Waals surface area contributed by atoms with E-state index in [0.717, 1.165) is 59.9 Å². The first-order valence-electron chi connectivity index (χ1n) is 15.7. The predicted octanol–water partition coefficient (Wildman–Crippen LogP) is 6.74. The van der Waals surface area contributed by atoms with Gasteiger partial charge in [0, 0.05) is 49.7 Å². The summed E-state index contributed by atoms with van der Waals surface area (Å²) in [4.78, 5) is 18.5. The number of nitrogens with zero attached hydrogens (tertiary/aromatic N) is 7. The molecule has 0 spiro atoms. The van der Waals surface area contributed by atoms with E-state index in [4.69, 9.17) is 15.7 Å². The molecule has 0 bridgehead atoms. The van der Waals surface area contributed by atoms with Gasteiger partial charge in [0.1, 0.15) is 11.3 Å². The summed E-state index contributed by atoms with van der Waals surface area (Å²) in [6.07, 6.45) is 5.23. The van der Waals surface area contributed by atoms with Crippen molar-refractivity contribution >= 4 is 17.0 Å². The molecule has 6 rings (SSSR count). The van der Waals surface area contributed by atoms with Crippen molar-refractivity contribution in [2.45, 2.75) is 53.6 Å². The van der Waals surface area contributed by atoms with Gasteiger partial charge in [-0.05, 0) is 55.9 Å². The molecular formula is C36H47N9. The number of rotatable bonds is 5. The molecule has 2 aromatic carbocycles. The molecule has 1 aliphatic heterocycles. The monoisotopic (exact) mass is 605 g/mol. The van der Waals surface area contributed by atoms with Crippen molar-refractivity contribution in [2.75, 3.05) is 32.4 Å². The molecule has 0 aliphatic carbocycles. The van der Waals surface area contributed by atoms with E-state index in [1.54, 1.807) is 6.20 Å². The highest BCUT2D eigenvalue weighted by Gasteiger charge is 2.23. The summed E-state index contributed by atoms with van der Waals surface area (Å²) < 4.78 is 2.06. The maximum Gasteiger partial charge on any atom is 0.179 e. The minimum absolute atomic E-state index is 0.225. The molecule has 0 radical (unpaired) electrons. The molecule has 9 heteroatoms. The molecule has 1 aliphatic rings. The Balaban J connectivity index is 0.000000733. The highest BCUT2D eigenvalue weighted by Crippen LogP contribution is 2.32. The minimum Gasteiger partial charge on any atom is -0.383 e. The molecule has 45 heavy (non-hydrogen) atoms. The number of nitriles is 1. The van der Waals surface area contributed by atoms with Gasteiger partial charge in [-0.3, -0.25) is 9.47 Å². The second-order valence-electron chi connectivity index (χ2n) is 10.4. The quantitative estimate of drug-likeness (QED) is 0.211. The van der Waals surface area contributed by atoms with Gasteiger partial charge < -0.3 is 16.4 Å². The van der Waals surface area contributed by atoms with Gasteiger partial charge in [-0.2, -0.15) is 5.26 Å². The topological polar surface area (TPSA) is 126 Å². The number of imidazole rings is 1. The molecule has 0 amide bonds. The van der Waals surface area contributed by atoms with Crippen LogP contribution >= 0.6 is 0 Å². The van der Waals surface area contributed by atoms with Gasteiger partial charge in [0.05, 0.1) is 11.3 Å². The normalized spacial score (nSPS) is 14.2. The Kier molecular flexibility index (Phi) is 13.5. The molecule has 9 nitrogen and oxygen atoms in total. The van der Waals surface area contributed by atoms with Gasteiger partial charge in [0.2, 0.25) is 0 Å². The van der Waals surface area contributed by atoms with E-state index >= 15 is 0 Å². The predicted molar refractivity (Wildman–Crippen MR) is 186 cm³/mol. The summed E-state index contributed by atoms with van der Waals surface area (Å²) in [5.74, 6) is 1.13. The van der Waals surface area contributed by atoms with E-state index in [-0.39, 0.29) is 6.04 Å². The van der Waals surface area contributed by atoms with E-state index in [1.807, 2.05) is 61.2 Å². The lowest BCUT2D eigenvalue weighted by Gasteiger charge is -2.36. The van der Waals surface area contributed by atoms with Crippen LogP contribution in [0.4, 0.5) is 5.82 Å². The molecule has 4 heterocycles. The third-order valence-corrected chi connectivity index (χ3v) is 7.09. The summed E-state index contributed by atoms with van der Waals surface area (Å²) in [5, 5.41) is 9.27.